The van der Waals surface area contributed by atoms with Crippen molar-refractivity contribution in [1.82, 2.24) is 0 Å². The van der Waals surface area contributed by atoms with E-state index in [0.717, 1.165) is 28.6 Å². The Labute approximate surface area is 133 Å². The number of anilines is 1. The van der Waals surface area contributed by atoms with E-state index in [4.69, 9.17) is 0 Å². The lowest BCUT2D eigenvalue weighted by atomic mass is 9.73. The second-order valence-electron chi connectivity index (χ2n) is 5.68. The van der Waals surface area contributed by atoms with E-state index in [-0.39, 0.29) is 0 Å². The summed E-state index contributed by atoms with van der Waals surface area (Å²) in [5.41, 5.74) is 2.75. The molecular weight excluding hydrogens is 324 g/mol. The number of nitrogens with zero attached hydrogens (tertiary/aromatic N) is 1. The van der Waals surface area contributed by atoms with Crippen molar-refractivity contribution in [3.63, 3.8) is 0 Å². The Morgan fingerprint density at radius 1 is 1.19 bits per heavy atom. The van der Waals surface area contributed by atoms with E-state index < -0.39 is 5.54 Å². The van der Waals surface area contributed by atoms with Gasteiger partial charge in [-0.2, -0.15) is 5.26 Å². The van der Waals surface area contributed by atoms with Crippen molar-refractivity contribution < 1.29 is 0 Å². The molecule has 2 nitrogen and oxygen atoms in total. The minimum Gasteiger partial charge on any atom is -0.364 e. The molecule has 0 aliphatic heterocycles. The lowest BCUT2D eigenvalue weighted by Crippen LogP contribution is -2.38. The highest BCUT2D eigenvalue weighted by atomic mass is 79.9. The molecule has 0 aromatic heterocycles. The second-order valence-corrected chi connectivity index (χ2v) is 6.59. The lowest BCUT2D eigenvalue weighted by molar-refractivity contribution is 0.462. The SMILES string of the molecule is CC1CCC(C#N)(Nc2ccc(Br)cc2)c2ccccc21. The van der Waals surface area contributed by atoms with E-state index >= 15 is 0 Å². The Morgan fingerprint density at radius 3 is 2.62 bits per heavy atom. The van der Waals surface area contributed by atoms with Crippen LogP contribution in [0.2, 0.25) is 0 Å². The fraction of sp³-hybridized carbons (Fsp3) is 0.278. The van der Waals surface area contributed by atoms with Gasteiger partial charge in [-0.15, -0.1) is 0 Å². The Morgan fingerprint density at radius 2 is 1.90 bits per heavy atom. The second kappa shape index (κ2) is 5.54. The van der Waals surface area contributed by atoms with Gasteiger partial charge in [0, 0.05) is 10.2 Å². The molecule has 1 aliphatic rings. The maximum Gasteiger partial charge on any atom is 0.151 e. The van der Waals surface area contributed by atoms with Crippen LogP contribution in [0, 0.1) is 11.3 Å². The first-order valence-corrected chi connectivity index (χ1v) is 7.98. The number of benzene rings is 2. The van der Waals surface area contributed by atoms with Crippen LogP contribution in [0.4, 0.5) is 5.69 Å². The lowest BCUT2D eigenvalue weighted by Gasteiger charge is -2.37. The molecule has 0 amide bonds. The zero-order chi connectivity index (χ0) is 14.9. The van der Waals surface area contributed by atoms with Crippen molar-refractivity contribution in [3.05, 3.63) is 64.1 Å². The van der Waals surface area contributed by atoms with Crippen LogP contribution in [0.25, 0.3) is 0 Å². The summed E-state index contributed by atoms with van der Waals surface area (Å²) >= 11 is 3.44. The van der Waals surface area contributed by atoms with Gasteiger partial charge in [0.2, 0.25) is 0 Å². The van der Waals surface area contributed by atoms with Crippen LogP contribution in [0.5, 0.6) is 0 Å². The van der Waals surface area contributed by atoms with E-state index in [0.29, 0.717) is 5.92 Å². The molecule has 3 rings (SSSR count). The normalized spacial score (nSPS) is 24.0. The third-order valence-corrected chi connectivity index (χ3v) is 4.83. The van der Waals surface area contributed by atoms with Crippen molar-refractivity contribution in [2.24, 2.45) is 0 Å². The molecule has 106 valence electrons. The number of fused-ring (bicyclic) bond motifs is 1. The van der Waals surface area contributed by atoms with Crippen molar-refractivity contribution in [2.45, 2.75) is 31.2 Å². The van der Waals surface area contributed by atoms with Gasteiger partial charge in [-0.3, -0.25) is 0 Å². The van der Waals surface area contributed by atoms with Crippen LogP contribution < -0.4 is 5.32 Å². The highest BCUT2D eigenvalue weighted by Crippen LogP contribution is 2.42. The number of hydrogen-bond acceptors (Lipinski definition) is 2. The van der Waals surface area contributed by atoms with Gasteiger partial charge in [-0.25, -0.2) is 0 Å². The fourth-order valence-electron chi connectivity index (χ4n) is 3.09. The quantitative estimate of drug-likeness (QED) is 0.817. The molecule has 2 aromatic rings. The third-order valence-electron chi connectivity index (χ3n) is 4.30. The highest BCUT2D eigenvalue weighted by Gasteiger charge is 2.38. The van der Waals surface area contributed by atoms with Crippen LogP contribution >= 0.6 is 15.9 Å². The summed E-state index contributed by atoms with van der Waals surface area (Å²) in [4.78, 5) is 0. The predicted molar refractivity (Wildman–Crippen MR) is 89.1 cm³/mol. The van der Waals surface area contributed by atoms with Gasteiger partial charge in [0.05, 0.1) is 6.07 Å². The van der Waals surface area contributed by atoms with Crippen molar-refractivity contribution in [1.29, 1.82) is 5.26 Å². The van der Waals surface area contributed by atoms with Crippen LogP contribution in [-0.2, 0) is 5.54 Å². The maximum atomic E-state index is 9.87. The zero-order valence-electron chi connectivity index (χ0n) is 11.9. The van der Waals surface area contributed by atoms with Gasteiger partial charge in [-0.05, 0) is 54.2 Å². The van der Waals surface area contributed by atoms with E-state index in [1.54, 1.807) is 0 Å². The molecular formula is C18H17BrN2. The molecule has 0 spiro atoms. The molecule has 0 saturated carbocycles. The zero-order valence-corrected chi connectivity index (χ0v) is 13.5. The Bertz CT molecular complexity index is 687. The minimum absolute atomic E-state index is 0.509. The van der Waals surface area contributed by atoms with E-state index in [2.05, 4.69) is 52.4 Å². The monoisotopic (exact) mass is 340 g/mol. The van der Waals surface area contributed by atoms with Crippen molar-refractivity contribution >= 4 is 21.6 Å². The molecule has 0 heterocycles. The first-order valence-electron chi connectivity index (χ1n) is 7.19. The molecule has 2 atom stereocenters. The Balaban J connectivity index is 2.03. The summed E-state index contributed by atoms with van der Waals surface area (Å²) in [7, 11) is 0. The molecule has 2 aromatic carbocycles. The summed E-state index contributed by atoms with van der Waals surface area (Å²) in [5, 5.41) is 13.3. The largest absolute Gasteiger partial charge is 0.364 e. The van der Waals surface area contributed by atoms with Gasteiger partial charge in [0.25, 0.3) is 0 Å². The van der Waals surface area contributed by atoms with Crippen LogP contribution in [0.3, 0.4) is 0 Å². The predicted octanol–water partition coefficient (Wildman–Crippen LogP) is 5.18. The fourth-order valence-corrected chi connectivity index (χ4v) is 3.36. The summed E-state index contributed by atoms with van der Waals surface area (Å²) in [6, 6.07) is 18.8. The van der Waals surface area contributed by atoms with Gasteiger partial charge in [-0.1, -0.05) is 47.1 Å². The van der Waals surface area contributed by atoms with Gasteiger partial charge < -0.3 is 5.32 Å². The summed E-state index contributed by atoms with van der Waals surface area (Å²) in [5.74, 6) is 0.509. The van der Waals surface area contributed by atoms with Gasteiger partial charge in [0.1, 0.15) is 0 Å². The molecule has 0 fully saturated rings. The minimum atomic E-state index is -0.628. The maximum absolute atomic E-state index is 9.87. The Kier molecular flexibility index (Phi) is 3.73. The third kappa shape index (κ3) is 2.56. The number of rotatable bonds is 2. The first-order chi connectivity index (χ1) is 10.1. The molecule has 21 heavy (non-hydrogen) atoms. The summed E-state index contributed by atoms with van der Waals surface area (Å²) < 4.78 is 1.04. The van der Waals surface area contributed by atoms with Gasteiger partial charge >= 0.3 is 0 Å². The molecule has 0 radical (unpaired) electrons. The molecule has 1 N–H and O–H groups in total. The standard InChI is InChI=1S/C18H17BrN2/c1-13-10-11-18(12-20,17-5-3-2-4-16(13)17)21-15-8-6-14(19)7-9-15/h2-9,13,21H,10-11H2,1H3. The number of nitrogens with one attached hydrogen (secondary N) is 1. The van der Waals surface area contributed by atoms with E-state index in [1.807, 2.05) is 30.3 Å². The number of halogens is 1. The van der Waals surface area contributed by atoms with Crippen molar-refractivity contribution in [2.75, 3.05) is 5.32 Å². The number of nitriles is 1. The Hall–Kier alpha value is -1.79. The van der Waals surface area contributed by atoms with Crippen LogP contribution in [-0.4, -0.2) is 0 Å². The number of hydrogen-bond donors (Lipinski definition) is 1. The van der Waals surface area contributed by atoms with E-state index in [9.17, 15) is 5.26 Å². The first kappa shape index (κ1) is 14.2. The average Bonchev–Trinajstić information content (AvgIpc) is 2.53. The van der Waals surface area contributed by atoms with Crippen LogP contribution in [0.1, 0.15) is 36.8 Å². The average molecular weight is 341 g/mol. The molecule has 0 bridgehead atoms. The summed E-state index contributed by atoms with van der Waals surface area (Å²) in [6.07, 6.45) is 1.85. The molecule has 1 aliphatic carbocycles. The highest BCUT2D eigenvalue weighted by molar-refractivity contribution is 9.10. The molecule has 3 heteroatoms. The van der Waals surface area contributed by atoms with E-state index in [1.165, 1.54) is 5.56 Å². The molecule has 0 saturated heterocycles. The topological polar surface area (TPSA) is 35.8 Å². The van der Waals surface area contributed by atoms with Gasteiger partial charge in [0.15, 0.2) is 5.54 Å². The van der Waals surface area contributed by atoms with Crippen molar-refractivity contribution in [3.8, 4) is 6.07 Å². The smallest absolute Gasteiger partial charge is 0.151 e. The van der Waals surface area contributed by atoms with Crippen LogP contribution in [0.15, 0.2) is 53.0 Å². The summed E-state index contributed by atoms with van der Waals surface area (Å²) in [6.45, 7) is 2.24. The molecule has 2 unspecified atom stereocenters.